The van der Waals surface area contributed by atoms with Crippen LogP contribution in [0.1, 0.15) is 32.3 Å². The number of nitrogens with zero attached hydrogens (tertiary/aromatic N) is 2. The normalized spacial score (nSPS) is 10.8. The minimum absolute atomic E-state index is 0.441. The van der Waals surface area contributed by atoms with Crippen molar-refractivity contribution in [3.8, 4) is 5.88 Å². The second-order valence-electron chi connectivity index (χ2n) is 4.11. The summed E-state index contributed by atoms with van der Waals surface area (Å²) < 4.78 is 10.8. The molecule has 0 aliphatic rings. The van der Waals surface area contributed by atoms with E-state index >= 15 is 0 Å². The molecule has 1 rings (SSSR count). The number of aromatic nitrogens is 2. The minimum atomic E-state index is 0.441. The number of hydrogen-bond donors (Lipinski definition) is 0. The molecule has 1 aromatic rings. The first kappa shape index (κ1) is 12.9. The van der Waals surface area contributed by atoms with Crippen LogP contribution in [0, 0.1) is 12.8 Å². The molecule has 0 bridgehead atoms. The molecule has 0 fully saturated rings. The van der Waals surface area contributed by atoms with E-state index in [0.717, 1.165) is 5.69 Å². The van der Waals surface area contributed by atoms with E-state index in [1.165, 1.54) is 0 Å². The summed E-state index contributed by atoms with van der Waals surface area (Å²) in [5.41, 5.74) is 0.906. The van der Waals surface area contributed by atoms with Crippen molar-refractivity contribution >= 4 is 0 Å². The Balaban J connectivity index is 2.65. The Bertz CT molecular complexity index is 327. The first-order valence-electron chi connectivity index (χ1n) is 5.67. The van der Waals surface area contributed by atoms with Gasteiger partial charge in [-0.3, -0.25) is 0 Å². The predicted octanol–water partition coefficient (Wildman–Crippen LogP) is 2.36. The van der Waals surface area contributed by atoms with Crippen molar-refractivity contribution < 1.29 is 9.47 Å². The van der Waals surface area contributed by atoms with Gasteiger partial charge in [0.05, 0.1) is 6.61 Å². The second kappa shape index (κ2) is 6.43. The zero-order valence-electron chi connectivity index (χ0n) is 10.5. The van der Waals surface area contributed by atoms with Gasteiger partial charge in [-0.25, -0.2) is 4.98 Å². The molecule has 0 unspecified atom stereocenters. The van der Waals surface area contributed by atoms with E-state index in [9.17, 15) is 0 Å². The fourth-order valence-electron chi connectivity index (χ4n) is 1.18. The fraction of sp³-hybridized carbons (Fsp3) is 0.667. The second-order valence-corrected chi connectivity index (χ2v) is 4.11. The third-order valence-electron chi connectivity index (χ3n) is 1.88. The number of hydrogen-bond acceptors (Lipinski definition) is 4. The Labute approximate surface area is 97.0 Å². The Morgan fingerprint density at radius 1 is 1.31 bits per heavy atom. The topological polar surface area (TPSA) is 44.2 Å². The highest BCUT2D eigenvalue weighted by Crippen LogP contribution is 2.10. The van der Waals surface area contributed by atoms with Crippen LogP contribution in [0.15, 0.2) is 6.07 Å². The summed E-state index contributed by atoms with van der Waals surface area (Å²) >= 11 is 0. The van der Waals surface area contributed by atoms with E-state index in [1.807, 2.05) is 19.9 Å². The van der Waals surface area contributed by atoms with Crippen LogP contribution in [0.4, 0.5) is 0 Å². The average molecular weight is 224 g/mol. The molecule has 0 N–H and O–H groups in total. The molecule has 0 aliphatic heterocycles. The highest BCUT2D eigenvalue weighted by molar-refractivity contribution is 5.15. The van der Waals surface area contributed by atoms with Gasteiger partial charge in [-0.1, -0.05) is 13.8 Å². The maximum absolute atomic E-state index is 5.56. The van der Waals surface area contributed by atoms with E-state index in [0.29, 0.717) is 37.4 Å². The van der Waals surface area contributed by atoms with Crippen molar-refractivity contribution in [2.75, 3.05) is 13.2 Å². The van der Waals surface area contributed by atoms with Crippen LogP contribution in [0.3, 0.4) is 0 Å². The molecule has 4 heteroatoms. The molecule has 0 amide bonds. The molecule has 4 nitrogen and oxygen atoms in total. The van der Waals surface area contributed by atoms with Crippen LogP contribution in [0.5, 0.6) is 5.88 Å². The van der Waals surface area contributed by atoms with E-state index < -0.39 is 0 Å². The third-order valence-corrected chi connectivity index (χ3v) is 1.88. The standard InChI is InChI=1S/C12H20N2O2/c1-5-15-8-11-13-10(4)6-12(14-11)16-7-9(2)3/h6,9H,5,7-8H2,1-4H3. The molecule has 1 heterocycles. The van der Waals surface area contributed by atoms with Gasteiger partial charge in [0, 0.05) is 18.4 Å². The SMILES string of the molecule is CCOCc1nc(C)cc(OCC(C)C)n1. The summed E-state index contributed by atoms with van der Waals surface area (Å²) in [6.45, 7) is 9.87. The summed E-state index contributed by atoms with van der Waals surface area (Å²) in [4.78, 5) is 8.57. The van der Waals surface area contributed by atoms with Gasteiger partial charge >= 0.3 is 0 Å². The van der Waals surface area contributed by atoms with Crippen molar-refractivity contribution in [1.82, 2.24) is 9.97 Å². The van der Waals surface area contributed by atoms with Gasteiger partial charge in [0.15, 0.2) is 5.82 Å². The Morgan fingerprint density at radius 3 is 2.69 bits per heavy atom. The smallest absolute Gasteiger partial charge is 0.216 e. The van der Waals surface area contributed by atoms with E-state index in [1.54, 1.807) is 0 Å². The molecule has 0 spiro atoms. The summed E-state index contributed by atoms with van der Waals surface area (Å²) in [7, 11) is 0. The summed E-state index contributed by atoms with van der Waals surface area (Å²) in [5.74, 6) is 1.81. The van der Waals surface area contributed by atoms with Crippen molar-refractivity contribution in [3.63, 3.8) is 0 Å². The highest BCUT2D eigenvalue weighted by atomic mass is 16.5. The minimum Gasteiger partial charge on any atom is -0.477 e. The molecule has 1 aromatic heterocycles. The molecule has 0 radical (unpaired) electrons. The lowest BCUT2D eigenvalue weighted by Crippen LogP contribution is -2.08. The third kappa shape index (κ3) is 4.57. The first-order chi connectivity index (χ1) is 7.61. The molecular formula is C12H20N2O2. The lowest BCUT2D eigenvalue weighted by atomic mass is 10.2. The largest absolute Gasteiger partial charge is 0.477 e. The lowest BCUT2D eigenvalue weighted by Gasteiger charge is -2.09. The molecule has 16 heavy (non-hydrogen) atoms. The zero-order valence-corrected chi connectivity index (χ0v) is 10.5. The van der Waals surface area contributed by atoms with Gasteiger partial charge < -0.3 is 9.47 Å². The molecule has 0 saturated carbocycles. The van der Waals surface area contributed by atoms with Gasteiger partial charge in [0.2, 0.25) is 5.88 Å². The van der Waals surface area contributed by atoms with Crippen molar-refractivity contribution in [2.24, 2.45) is 5.92 Å². The maximum Gasteiger partial charge on any atom is 0.216 e. The molecule has 0 atom stereocenters. The van der Waals surface area contributed by atoms with Crippen molar-refractivity contribution in [1.29, 1.82) is 0 Å². The van der Waals surface area contributed by atoms with E-state index in [-0.39, 0.29) is 0 Å². The fourth-order valence-corrected chi connectivity index (χ4v) is 1.18. The molecule has 0 saturated heterocycles. The zero-order chi connectivity index (χ0) is 12.0. The van der Waals surface area contributed by atoms with Gasteiger partial charge in [-0.15, -0.1) is 0 Å². The Hall–Kier alpha value is -1.16. The van der Waals surface area contributed by atoms with Crippen LogP contribution in [0.25, 0.3) is 0 Å². The van der Waals surface area contributed by atoms with E-state index in [2.05, 4.69) is 23.8 Å². The average Bonchev–Trinajstić information content (AvgIpc) is 2.23. The Kier molecular flexibility index (Phi) is 5.19. The lowest BCUT2D eigenvalue weighted by molar-refractivity contribution is 0.127. The van der Waals surface area contributed by atoms with Gasteiger partial charge in [-0.2, -0.15) is 4.98 Å². The van der Waals surface area contributed by atoms with Crippen LogP contribution >= 0.6 is 0 Å². The predicted molar refractivity (Wildman–Crippen MR) is 62.4 cm³/mol. The van der Waals surface area contributed by atoms with Gasteiger partial charge in [0.1, 0.15) is 6.61 Å². The number of rotatable bonds is 6. The van der Waals surface area contributed by atoms with Gasteiger partial charge in [-0.05, 0) is 19.8 Å². The van der Waals surface area contributed by atoms with Crippen molar-refractivity contribution in [3.05, 3.63) is 17.6 Å². The van der Waals surface area contributed by atoms with Crippen LogP contribution in [-0.2, 0) is 11.3 Å². The molecule has 90 valence electrons. The molecule has 0 aliphatic carbocycles. The molecule has 0 aromatic carbocycles. The Morgan fingerprint density at radius 2 is 2.06 bits per heavy atom. The van der Waals surface area contributed by atoms with Crippen LogP contribution in [-0.4, -0.2) is 23.2 Å². The number of ether oxygens (including phenoxy) is 2. The number of aryl methyl sites for hydroxylation is 1. The first-order valence-corrected chi connectivity index (χ1v) is 5.67. The van der Waals surface area contributed by atoms with Crippen LogP contribution in [0.2, 0.25) is 0 Å². The molecular weight excluding hydrogens is 204 g/mol. The van der Waals surface area contributed by atoms with E-state index in [4.69, 9.17) is 9.47 Å². The quantitative estimate of drug-likeness (QED) is 0.744. The highest BCUT2D eigenvalue weighted by Gasteiger charge is 2.04. The maximum atomic E-state index is 5.56. The van der Waals surface area contributed by atoms with Gasteiger partial charge in [0.25, 0.3) is 0 Å². The van der Waals surface area contributed by atoms with Crippen LogP contribution < -0.4 is 4.74 Å². The van der Waals surface area contributed by atoms with Crippen molar-refractivity contribution in [2.45, 2.75) is 34.3 Å². The summed E-state index contributed by atoms with van der Waals surface area (Å²) in [6.07, 6.45) is 0. The monoisotopic (exact) mass is 224 g/mol. The summed E-state index contributed by atoms with van der Waals surface area (Å²) in [6, 6.07) is 1.85. The summed E-state index contributed by atoms with van der Waals surface area (Å²) in [5, 5.41) is 0.